The van der Waals surface area contributed by atoms with E-state index in [-0.39, 0.29) is 5.78 Å². The average molecular weight is 255 g/mol. The zero-order valence-electron chi connectivity index (χ0n) is 9.87. The SMILES string of the molecule is CC(=O)[C@@](C)(O)[C@H]1CCc2cc(Cl)ccc2O1. The average Bonchev–Trinajstić information content (AvgIpc) is 2.28. The van der Waals surface area contributed by atoms with Gasteiger partial charge in [0, 0.05) is 5.02 Å². The van der Waals surface area contributed by atoms with Crippen LogP contribution in [0.1, 0.15) is 25.8 Å². The van der Waals surface area contributed by atoms with Gasteiger partial charge in [0.25, 0.3) is 0 Å². The van der Waals surface area contributed by atoms with Crippen LogP contribution in [0.2, 0.25) is 5.02 Å². The molecule has 0 fully saturated rings. The molecular weight excluding hydrogens is 240 g/mol. The van der Waals surface area contributed by atoms with Crippen LogP contribution in [-0.4, -0.2) is 22.6 Å². The zero-order valence-corrected chi connectivity index (χ0v) is 10.6. The van der Waals surface area contributed by atoms with Gasteiger partial charge in [-0.05, 0) is 50.5 Å². The van der Waals surface area contributed by atoms with Crippen molar-refractivity contribution in [2.24, 2.45) is 0 Å². The van der Waals surface area contributed by atoms with Gasteiger partial charge in [0.2, 0.25) is 0 Å². The number of hydrogen-bond donors (Lipinski definition) is 1. The molecule has 1 heterocycles. The number of halogens is 1. The van der Waals surface area contributed by atoms with E-state index < -0.39 is 11.7 Å². The summed E-state index contributed by atoms with van der Waals surface area (Å²) in [6.07, 6.45) is 0.873. The summed E-state index contributed by atoms with van der Waals surface area (Å²) >= 11 is 5.89. The third-order valence-corrected chi connectivity index (χ3v) is 3.54. The van der Waals surface area contributed by atoms with Crippen molar-refractivity contribution in [3.63, 3.8) is 0 Å². The molecule has 0 amide bonds. The van der Waals surface area contributed by atoms with Gasteiger partial charge in [-0.1, -0.05) is 11.6 Å². The molecule has 3 nitrogen and oxygen atoms in total. The molecule has 0 aromatic heterocycles. The quantitative estimate of drug-likeness (QED) is 0.881. The van der Waals surface area contributed by atoms with Gasteiger partial charge < -0.3 is 9.84 Å². The van der Waals surface area contributed by atoms with Crippen LogP contribution >= 0.6 is 11.6 Å². The highest BCUT2D eigenvalue weighted by molar-refractivity contribution is 6.30. The molecule has 0 unspecified atom stereocenters. The minimum absolute atomic E-state index is 0.278. The topological polar surface area (TPSA) is 46.5 Å². The lowest BCUT2D eigenvalue weighted by molar-refractivity contribution is -0.144. The third-order valence-electron chi connectivity index (χ3n) is 3.31. The molecule has 92 valence electrons. The Balaban J connectivity index is 2.25. The van der Waals surface area contributed by atoms with Gasteiger partial charge in [-0.15, -0.1) is 0 Å². The fourth-order valence-corrected chi connectivity index (χ4v) is 2.17. The number of carbonyl (C=O) groups excluding carboxylic acids is 1. The van der Waals surface area contributed by atoms with Crippen molar-refractivity contribution >= 4 is 17.4 Å². The van der Waals surface area contributed by atoms with Gasteiger partial charge in [0.1, 0.15) is 11.9 Å². The number of ketones is 1. The molecule has 0 saturated carbocycles. The Labute approximate surface area is 105 Å². The zero-order chi connectivity index (χ0) is 12.6. The minimum atomic E-state index is -1.43. The fourth-order valence-electron chi connectivity index (χ4n) is 1.98. The molecule has 0 bridgehead atoms. The van der Waals surface area contributed by atoms with Crippen LogP contribution in [0.15, 0.2) is 18.2 Å². The van der Waals surface area contributed by atoms with E-state index in [0.29, 0.717) is 17.2 Å². The number of aliphatic hydroxyl groups is 1. The first kappa shape index (κ1) is 12.4. The minimum Gasteiger partial charge on any atom is -0.487 e. The summed E-state index contributed by atoms with van der Waals surface area (Å²) in [6.45, 7) is 2.88. The monoisotopic (exact) mass is 254 g/mol. The van der Waals surface area contributed by atoms with E-state index in [2.05, 4.69) is 0 Å². The van der Waals surface area contributed by atoms with E-state index in [1.165, 1.54) is 13.8 Å². The summed E-state index contributed by atoms with van der Waals surface area (Å²) in [6, 6.07) is 5.38. The molecular formula is C13H15ClO3. The van der Waals surface area contributed by atoms with Crippen molar-refractivity contribution in [3.8, 4) is 5.75 Å². The molecule has 2 atom stereocenters. The van der Waals surface area contributed by atoms with Crippen LogP contribution in [0.5, 0.6) is 5.75 Å². The first-order chi connectivity index (χ1) is 7.91. The van der Waals surface area contributed by atoms with Gasteiger partial charge in [0.15, 0.2) is 11.4 Å². The first-order valence-electron chi connectivity index (χ1n) is 5.60. The normalized spacial score (nSPS) is 22.2. The predicted molar refractivity (Wildman–Crippen MR) is 65.5 cm³/mol. The Morgan fingerprint density at radius 1 is 1.59 bits per heavy atom. The van der Waals surface area contributed by atoms with Gasteiger partial charge in [0.05, 0.1) is 0 Å². The summed E-state index contributed by atoms with van der Waals surface area (Å²) in [4.78, 5) is 11.4. The largest absolute Gasteiger partial charge is 0.487 e. The summed E-state index contributed by atoms with van der Waals surface area (Å²) < 4.78 is 5.68. The highest BCUT2D eigenvalue weighted by Gasteiger charge is 2.40. The highest BCUT2D eigenvalue weighted by Crippen LogP contribution is 2.33. The van der Waals surface area contributed by atoms with Gasteiger partial charge in [-0.3, -0.25) is 4.79 Å². The number of fused-ring (bicyclic) bond motifs is 1. The van der Waals surface area contributed by atoms with Crippen molar-refractivity contribution in [2.75, 3.05) is 0 Å². The molecule has 1 aliphatic rings. The van der Waals surface area contributed by atoms with Crippen LogP contribution in [0, 0.1) is 0 Å². The molecule has 1 N–H and O–H groups in total. The van der Waals surface area contributed by atoms with Crippen LogP contribution in [-0.2, 0) is 11.2 Å². The molecule has 0 spiro atoms. The Morgan fingerprint density at radius 3 is 2.94 bits per heavy atom. The van der Waals surface area contributed by atoms with Crippen molar-refractivity contribution in [2.45, 2.75) is 38.4 Å². The second-order valence-corrected chi connectivity index (χ2v) is 5.04. The number of rotatable bonds is 2. The van der Waals surface area contributed by atoms with Crippen molar-refractivity contribution < 1.29 is 14.6 Å². The third kappa shape index (κ3) is 2.31. The van der Waals surface area contributed by atoms with Crippen LogP contribution in [0.4, 0.5) is 0 Å². The van der Waals surface area contributed by atoms with Crippen molar-refractivity contribution in [1.29, 1.82) is 0 Å². The van der Waals surface area contributed by atoms with E-state index in [0.717, 1.165) is 12.0 Å². The molecule has 1 aliphatic heterocycles. The lowest BCUT2D eigenvalue weighted by Crippen LogP contribution is -2.50. The second kappa shape index (κ2) is 4.31. The number of benzene rings is 1. The van der Waals surface area contributed by atoms with Gasteiger partial charge in [-0.25, -0.2) is 0 Å². The second-order valence-electron chi connectivity index (χ2n) is 4.60. The lowest BCUT2D eigenvalue weighted by Gasteiger charge is -2.34. The van der Waals surface area contributed by atoms with E-state index in [9.17, 15) is 9.90 Å². The lowest BCUT2D eigenvalue weighted by atomic mass is 9.88. The molecule has 4 heteroatoms. The maximum absolute atomic E-state index is 11.4. The summed E-state index contributed by atoms with van der Waals surface area (Å²) in [7, 11) is 0. The number of Topliss-reactive ketones (excluding diaryl/α,β-unsaturated/α-hetero) is 1. The van der Waals surface area contributed by atoms with Crippen LogP contribution in [0.25, 0.3) is 0 Å². The fraction of sp³-hybridized carbons (Fsp3) is 0.462. The molecule has 1 aromatic carbocycles. The molecule has 1 aromatic rings. The van der Waals surface area contributed by atoms with Crippen LogP contribution in [0.3, 0.4) is 0 Å². The first-order valence-corrected chi connectivity index (χ1v) is 5.97. The summed E-state index contributed by atoms with van der Waals surface area (Å²) in [5.41, 5.74) is -0.412. The maximum Gasteiger partial charge on any atom is 0.164 e. The Hall–Kier alpha value is -1.06. The van der Waals surface area contributed by atoms with E-state index >= 15 is 0 Å². The van der Waals surface area contributed by atoms with Crippen molar-refractivity contribution in [1.82, 2.24) is 0 Å². The van der Waals surface area contributed by atoms with E-state index in [1.54, 1.807) is 12.1 Å². The molecule has 0 radical (unpaired) electrons. The molecule has 0 saturated heterocycles. The number of ether oxygens (including phenoxy) is 1. The van der Waals surface area contributed by atoms with Gasteiger partial charge in [-0.2, -0.15) is 0 Å². The Bertz CT molecular complexity index is 454. The molecule has 0 aliphatic carbocycles. The maximum atomic E-state index is 11.4. The number of hydrogen-bond acceptors (Lipinski definition) is 3. The molecule has 17 heavy (non-hydrogen) atoms. The smallest absolute Gasteiger partial charge is 0.164 e. The van der Waals surface area contributed by atoms with Crippen molar-refractivity contribution in [3.05, 3.63) is 28.8 Å². The summed E-state index contributed by atoms with van der Waals surface area (Å²) in [5, 5.41) is 10.8. The van der Waals surface area contributed by atoms with E-state index in [1.807, 2.05) is 6.07 Å². The highest BCUT2D eigenvalue weighted by atomic mass is 35.5. The standard InChI is InChI=1S/C13H15ClO3/c1-8(15)13(2,16)12-6-3-9-7-10(14)4-5-11(9)17-12/h4-5,7,12,16H,3,6H2,1-2H3/t12-,13-/m1/s1. The molecule has 2 rings (SSSR count). The predicted octanol–water partition coefficient (Wildman–Crippen LogP) is 2.37. The Morgan fingerprint density at radius 2 is 2.29 bits per heavy atom. The number of carbonyl (C=O) groups is 1. The number of aryl methyl sites for hydroxylation is 1. The Kier molecular flexibility index (Phi) is 3.15. The van der Waals surface area contributed by atoms with E-state index in [4.69, 9.17) is 16.3 Å². The summed E-state index contributed by atoms with van der Waals surface area (Å²) in [5.74, 6) is 0.423. The van der Waals surface area contributed by atoms with Gasteiger partial charge >= 0.3 is 0 Å². The van der Waals surface area contributed by atoms with Crippen LogP contribution < -0.4 is 4.74 Å².